The van der Waals surface area contributed by atoms with Gasteiger partial charge in [-0.15, -0.1) is 0 Å². The molecular weight excluding hydrogens is 465 g/mol. The summed E-state index contributed by atoms with van der Waals surface area (Å²) in [7, 11) is 0. The molecule has 0 aliphatic carbocycles. The summed E-state index contributed by atoms with van der Waals surface area (Å²) < 4.78 is 10.2. The van der Waals surface area contributed by atoms with E-state index < -0.39 is 29.6 Å². The summed E-state index contributed by atoms with van der Waals surface area (Å²) in [5.74, 6) is -0.732. The van der Waals surface area contributed by atoms with Gasteiger partial charge in [-0.2, -0.15) is 46.7 Å². The number of amides is 1. The number of nitrogens with one attached hydrogen (secondary N) is 1. The molecule has 8 heteroatoms. The van der Waals surface area contributed by atoms with Crippen molar-refractivity contribution in [2.75, 3.05) is 13.2 Å². The van der Waals surface area contributed by atoms with Gasteiger partial charge in [0.15, 0.2) is 0 Å². The Morgan fingerprint density at radius 1 is 1.22 bits per heavy atom. The molecule has 0 fully saturated rings. The van der Waals surface area contributed by atoms with Crippen molar-refractivity contribution < 1.29 is 48.6 Å². The SMILES string of the molecule is CC.CC(C)c1cc[c-]cc1.CCOC(=O)C(C)C(=N)C1=[C-]CCN(C(=O)OC(C)(C)C)C1C#N.[Na+]. The summed E-state index contributed by atoms with van der Waals surface area (Å²) in [6.07, 6.45) is 2.70. The Morgan fingerprint density at radius 2 is 1.78 bits per heavy atom. The zero-order chi connectivity index (χ0) is 27.2. The molecule has 1 aromatic carbocycles. The van der Waals surface area contributed by atoms with Crippen molar-refractivity contribution in [3.63, 3.8) is 0 Å². The van der Waals surface area contributed by atoms with Gasteiger partial charge in [0, 0.05) is 12.5 Å². The van der Waals surface area contributed by atoms with E-state index in [4.69, 9.17) is 14.9 Å². The predicted octanol–water partition coefficient (Wildman–Crippen LogP) is 3.11. The van der Waals surface area contributed by atoms with Crippen LogP contribution >= 0.6 is 0 Å². The zero-order valence-corrected chi connectivity index (χ0v) is 25.7. The Labute approximate surface area is 240 Å². The third kappa shape index (κ3) is 12.2. The second-order valence-electron chi connectivity index (χ2n) is 8.92. The largest absolute Gasteiger partial charge is 1.00 e. The monoisotopic (exact) mass is 506 g/mol. The molecule has 1 aliphatic rings. The Bertz CT molecular complexity index is 886. The van der Waals surface area contributed by atoms with Crippen LogP contribution in [0.4, 0.5) is 4.79 Å². The molecule has 2 rings (SSSR count). The number of hydrogen-bond acceptors (Lipinski definition) is 6. The second-order valence-corrected chi connectivity index (χ2v) is 8.92. The number of rotatable bonds is 5. The minimum Gasteiger partial charge on any atom is -0.467 e. The second kappa shape index (κ2) is 18.2. The number of carbonyl (C=O) groups is 2. The topological polar surface area (TPSA) is 103 Å². The molecule has 1 aromatic rings. The van der Waals surface area contributed by atoms with Crippen LogP contribution in [0, 0.1) is 34.8 Å². The quantitative estimate of drug-likeness (QED) is 0.286. The molecule has 0 aromatic heterocycles. The first kappa shape index (κ1) is 36.0. The molecule has 194 valence electrons. The molecule has 1 N–H and O–H groups in total. The summed E-state index contributed by atoms with van der Waals surface area (Å²) in [4.78, 5) is 25.4. The molecule has 0 saturated heterocycles. The first-order valence-electron chi connectivity index (χ1n) is 12.1. The van der Waals surface area contributed by atoms with Crippen molar-refractivity contribution in [2.24, 2.45) is 5.92 Å². The molecular formula is C28H41N3NaO4-. The number of ether oxygens (including phenoxy) is 2. The van der Waals surface area contributed by atoms with E-state index in [0.29, 0.717) is 12.3 Å². The molecule has 0 saturated carbocycles. The van der Waals surface area contributed by atoms with Crippen LogP contribution < -0.4 is 29.6 Å². The molecule has 0 bridgehead atoms. The van der Waals surface area contributed by atoms with Gasteiger partial charge in [-0.05, 0) is 33.6 Å². The summed E-state index contributed by atoms with van der Waals surface area (Å²) in [5, 5.41) is 17.7. The van der Waals surface area contributed by atoms with E-state index in [1.54, 1.807) is 27.7 Å². The average Bonchev–Trinajstić information content (AvgIpc) is 2.83. The molecule has 0 spiro atoms. The molecule has 1 amide bonds. The van der Waals surface area contributed by atoms with Crippen molar-refractivity contribution in [1.82, 2.24) is 4.90 Å². The van der Waals surface area contributed by atoms with Gasteiger partial charge in [0.1, 0.15) is 11.6 Å². The fourth-order valence-corrected chi connectivity index (χ4v) is 2.99. The molecule has 1 heterocycles. The molecule has 1 aliphatic heterocycles. The minimum absolute atomic E-state index is 0. The van der Waals surface area contributed by atoms with Crippen molar-refractivity contribution in [2.45, 2.75) is 86.3 Å². The van der Waals surface area contributed by atoms with Crippen LogP contribution in [-0.4, -0.2) is 47.5 Å². The summed E-state index contributed by atoms with van der Waals surface area (Å²) in [6.45, 7) is 17.3. The Morgan fingerprint density at radius 3 is 2.19 bits per heavy atom. The van der Waals surface area contributed by atoms with Crippen LogP contribution in [0.15, 0.2) is 29.8 Å². The van der Waals surface area contributed by atoms with E-state index >= 15 is 0 Å². The van der Waals surface area contributed by atoms with E-state index in [2.05, 4.69) is 38.1 Å². The number of nitrogens with zero attached hydrogens (tertiary/aromatic N) is 2. The molecule has 2 atom stereocenters. The van der Waals surface area contributed by atoms with E-state index in [1.165, 1.54) is 17.4 Å². The standard InChI is InChI=1S/C17H24N3O4.C9H11.C2H6.Na/c1-6-23-15(21)11(2)14(19)12-8-7-9-20(13(12)10-18)16(22)24-17(3,4)5;1-8(2)9-6-4-3-5-7-9;1-2;/h11,13,19H,6-7,9H2,1-5H3;4-8H,1-2H3;1-2H3;/q2*-1;;+1. The Balaban J connectivity index is 0. The number of hydrogen-bond donors (Lipinski definition) is 1. The van der Waals surface area contributed by atoms with Gasteiger partial charge in [-0.25, -0.2) is 4.79 Å². The predicted molar refractivity (Wildman–Crippen MR) is 138 cm³/mol. The summed E-state index contributed by atoms with van der Waals surface area (Å²) in [5.41, 5.74) is 0.866. The smallest absolute Gasteiger partial charge is 0.467 e. The molecule has 2 unspecified atom stereocenters. The van der Waals surface area contributed by atoms with Crippen molar-refractivity contribution in [1.29, 1.82) is 10.7 Å². The molecule has 7 nitrogen and oxygen atoms in total. The number of carbonyl (C=O) groups excluding carboxylic acids is 2. The van der Waals surface area contributed by atoms with Gasteiger partial charge >= 0.3 is 35.7 Å². The zero-order valence-electron chi connectivity index (χ0n) is 23.7. The molecule has 36 heavy (non-hydrogen) atoms. The van der Waals surface area contributed by atoms with Crippen LogP contribution in [-0.2, 0) is 14.3 Å². The van der Waals surface area contributed by atoms with Gasteiger partial charge < -0.3 is 14.9 Å². The maximum Gasteiger partial charge on any atom is 1.00 e. The maximum atomic E-state index is 12.3. The van der Waals surface area contributed by atoms with Gasteiger partial charge in [-0.1, -0.05) is 46.8 Å². The van der Waals surface area contributed by atoms with E-state index in [9.17, 15) is 14.9 Å². The fraction of sp³-hybridized carbons (Fsp3) is 0.571. The summed E-state index contributed by atoms with van der Waals surface area (Å²) in [6, 6.07) is 12.1. The summed E-state index contributed by atoms with van der Waals surface area (Å²) >= 11 is 0. The minimum atomic E-state index is -1.00. The van der Waals surface area contributed by atoms with E-state index in [-0.39, 0.29) is 54.0 Å². The average molecular weight is 507 g/mol. The van der Waals surface area contributed by atoms with Crippen molar-refractivity contribution >= 4 is 17.8 Å². The van der Waals surface area contributed by atoms with Crippen LogP contribution in [0.2, 0.25) is 0 Å². The van der Waals surface area contributed by atoms with Gasteiger partial charge in [-0.3, -0.25) is 15.8 Å². The van der Waals surface area contributed by atoms with Crippen LogP contribution in [0.5, 0.6) is 0 Å². The molecule has 0 radical (unpaired) electrons. The van der Waals surface area contributed by atoms with Crippen LogP contribution in [0.3, 0.4) is 0 Å². The Kier molecular flexibility index (Phi) is 18.2. The first-order chi connectivity index (χ1) is 16.4. The number of benzene rings is 1. The third-order valence-electron chi connectivity index (χ3n) is 4.78. The van der Waals surface area contributed by atoms with Crippen LogP contribution in [0.25, 0.3) is 0 Å². The van der Waals surface area contributed by atoms with Crippen LogP contribution in [0.1, 0.15) is 80.2 Å². The van der Waals surface area contributed by atoms with Gasteiger partial charge in [0.25, 0.3) is 5.97 Å². The van der Waals surface area contributed by atoms with E-state index in [0.717, 1.165) is 0 Å². The Hall–Kier alpha value is -2.14. The number of nitriles is 1. The fourth-order valence-electron chi connectivity index (χ4n) is 2.99. The van der Waals surface area contributed by atoms with Gasteiger partial charge in [0.2, 0.25) is 0 Å². The third-order valence-corrected chi connectivity index (χ3v) is 4.78. The number of esters is 1. The van der Waals surface area contributed by atoms with E-state index in [1.807, 2.05) is 32.0 Å². The maximum absolute atomic E-state index is 12.3. The van der Waals surface area contributed by atoms with Gasteiger partial charge in [0.05, 0.1) is 12.7 Å². The normalized spacial score (nSPS) is 15.3. The van der Waals surface area contributed by atoms with Crippen molar-refractivity contribution in [3.8, 4) is 6.07 Å². The van der Waals surface area contributed by atoms with Crippen molar-refractivity contribution in [3.05, 3.63) is 47.5 Å². The first-order valence-corrected chi connectivity index (χ1v) is 12.1.